The van der Waals surface area contributed by atoms with Crippen molar-refractivity contribution in [2.24, 2.45) is 0 Å². The van der Waals surface area contributed by atoms with Crippen molar-refractivity contribution in [3.05, 3.63) is 46.3 Å². The second kappa shape index (κ2) is 5.31. The number of nitro benzene ring substituents is 1. The van der Waals surface area contributed by atoms with Crippen LogP contribution in [0.25, 0.3) is 0 Å². The number of hydrogen-bond acceptors (Lipinski definition) is 6. The second-order valence-electron chi connectivity index (χ2n) is 4.20. The molecule has 0 saturated heterocycles. The summed E-state index contributed by atoms with van der Waals surface area (Å²) in [6, 6.07) is 4.84. The number of nitrogens with zero attached hydrogens (tertiary/aromatic N) is 3. The zero-order valence-corrected chi connectivity index (χ0v) is 11.4. The first kappa shape index (κ1) is 13.4. The molecule has 1 N–H and O–H groups in total. The summed E-state index contributed by atoms with van der Waals surface area (Å²) < 4.78 is 0. The minimum atomic E-state index is -0.468. The average molecular weight is 278 g/mol. The average Bonchev–Trinajstić information content (AvgIpc) is 2.70. The lowest BCUT2D eigenvalue weighted by Gasteiger charge is -2.26. The number of thioether (sulfide) groups is 1. The molecule has 0 spiro atoms. The van der Waals surface area contributed by atoms with Crippen LogP contribution >= 0.6 is 11.8 Å². The molecule has 1 aromatic rings. The first-order valence-corrected chi connectivity index (χ1v) is 6.48. The van der Waals surface area contributed by atoms with E-state index in [-0.39, 0.29) is 11.2 Å². The number of nitro groups is 1. The van der Waals surface area contributed by atoms with Crippen molar-refractivity contribution in [1.82, 2.24) is 9.80 Å². The van der Waals surface area contributed by atoms with Crippen LogP contribution in [0.1, 0.15) is 5.56 Å². The van der Waals surface area contributed by atoms with Crippen LogP contribution in [-0.4, -0.2) is 40.5 Å². The fourth-order valence-electron chi connectivity index (χ4n) is 1.82. The molecule has 1 aliphatic heterocycles. The smallest absolute Gasteiger partial charge is 0.278 e. The molecule has 1 aromatic carbocycles. The predicted molar refractivity (Wildman–Crippen MR) is 75.3 cm³/mol. The Kier molecular flexibility index (Phi) is 3.75. The molecule has 0 unspecified atom stereocenters. The highest BCUT2D eigenvalue weighted by Crippen LogP contribution is 2.32. The Bertz CT molecular complexity index is 535. The van der Waals surface area contributed by atoms with Crippen molar-refractivity contribution in [3.63, 3.8) is 0 Å². The molecule has 1 heterocycles. The molecular formula is C12H14N4O2S. The Morgan fingerprint density at radius 1 is 1.37 bits per heavy atom. The molecule has 0 aromatic heterocycles. The Hall–Kier alpha value is -2.02. The molecule has 0 saturated carbocycles. The van der Waals surface area contributed by atoms with Crippen molar-refractivity contribution in [3.8, 4) is 0 Å². The monoisotopic (exact) mass is 278 g/mol. The molecule has 7 heteroatoms. The molecule has 19 heavy (non-hydrogen) atoms. The highest BCUT2D eigenvalue weighted by molar-refractivity contribution is 7.99. The van der Waals surface area contributed by atoms with Gasteiger partial charge in [-0.05, 0) is 12.1 Å². The van der Waals surface area contributed by atoms with E-state index < -0.39 is 4.92 Å². The van der Waals surface area contributed by atoms with Gasteiger partial charge >= 0.3 is 0 Å². The van der Waals surface area contributed by atoms with Gasteiger partial charge in [0.05, 0.1) is 10.5 Å². The lowest BCUT2D eigenvalue weighted by molar-refractivity contribution is -0.385. The van der Waals surface area contributed by atoms with E-state index in [1.54, 1.807) is 23.9 Å². The van der Waals surface area contributed by atoms with E-state index in [1.807, 2.05) is 26.5 Å². The first-order chi connectivity index (χ1) is 9.02. The summed E-state index contributed by atoms with van der Waals surface area (Å²) in [4.78, 5) is 15.3. The maximum atomic E-state index is 10.8. The van der Waals surface area contributed by atoms with E-state index in [0.717, 1.165) is 11.1 Å². The quantitative estimate of drug-likeness (QED) is 0.520. The number of hydrogen-bond donors (Lipinski definition) is 1. The fraction of sp³-hybridized carbons (Fsp3) is 0.250. The van der Waals surface area contributed by atoms with E-state index >= 15 is 0 Å². The van der Waals surface area contributed by atoms with Crippen molar-refractivity contribution in [2.45, 2.75) is 10.4 Å². The van der Waals surface area contributed by atoms with Crippen LogP contribution in [0.3, 0.4) is 0 Å². The van der Waals surface area contributed by atoms with Crippen LogP contribution in [0.15, 0.2) is 35.5 Å². The summed E-state index contributed by atoms with van der Waals surface area (Å²) in [5.74, 6) is 0. The van der Waals surface area contributed by atoms with Crippen molar-refractivity contribution in [2.75, 3.05) is 14.1 Å². The normalized spacial score (nSPS) is 15.1. The fourth-order valence-corrected chi connectivity index (χ4v) is 2.88. The van der Waals surface area contributed by atoms with Gasteiger partial charge in [0, 0.05) is 43.7 Å². The summed E-state index contributed by atoms with van der Waals surface area (Å²) in [5, 5.41) is 18.1. The van der Waals surface area contributed by atoms with Crippen molar-refractivity contribution in [1.29, 1.82) is 5.41 Å². The first-order valence-electron chi connectivity index (χ1n) is 5.60. The minimum absolute atomic E-state index is 0.0365. The summed E-state index contributed by atoms with van der Waals surface area (Å²) in [6.07, 6.45) is 4.96. The van der Waals surface area contributed by atoms with Gasteiger partial charge in [-0.25, -0.2) is 0 Å². The topological polar surface area (TPSA) is 73.5 Å². The molecule has 100 valence electrons. The van der Waals surface area contributed by atoms with Gasteiger partial charge in [0.15, 0.2) is 5.50 Å². The molecule has 0 fully saturated rings. The van der Waals surface area contributed by atoms with Crippen LogP contribution in [0, 0.1) is 15.5 Å². The maximum absolute atomic E-state index is 10.8. The summed E-state index contributed by atoms with van der Waals surface area (Å²) in [7, 11) is 3.95. The van der Waals surface area contributed by atoms with Crippen molar-refractivity contribution < 1.29 is 4.92 Å². The zero-order valence-electron chi connectivity index (χ0n) is 10.6. The van der Waals surface area contributed by atoms with E-state index in [2.05, 4.69) is 9.80 Å². The number of nitrogens with one attached hydrogen (secondary N) is 1. The third kappa shape index (κ3) is 2.70. The highest BCUT2D eigenvalue weighted by atomic mass is 32.2. The third-order valence-corrected chi connectivity index (χ3v) is 4.23. The third-order valence-electron chi connectivity index (χ3n) is 2.83. The van der Waals surface area contributed by atoms with Gasteiger partial charge in [-0.2, -0.15) is 0 Å². The van der Waals surface area contributed by atoms with E-state index in [1.165, 1.54) is 6.07 Å². The molecule has 0 aliphatic carbocycles. The lowest BCUT2D eigenvalue weighted by Crippen LogP contribution is -2.30. The molecule has 0 amide bonds. The number of benzene rings is 1. The lowest BCUT2D eigenvalue weighted by atomic mass is 10.2. The maximum Gasteiger partial charge on any atom is 0.278 e. The molecular weight excluding hydrogens is 264 g/mol. The Morgan fingerprint density at radius 2 is 2.00 bits per heavy atom. The molecule has 0 bridgehead atoms. The van der Waals surface area contributed by atoms with Gasteiger partial charge < -0.3 is 15.2 Å². The van der Waals surface area contributed by atoms with Crippen LogP contribution in [0.2, 0.25) is 0 Å². The SMILES string of the molecule is CN1C=CN(C)C1Sc1ccc([N+](=O)[O-])c(C=N)c1. The largest absolute Gasteiger partial charge is 0.350 e. The van der Waals surface area contributed by atoms with E-state index in [9.17, 15) is 10.1 Å². The Labute approximate surface area is 115 Å². The molecule has 0 atom stereocenters. The highest BCUT2D eigenvalue weighted by Gasteiger charge is 2.22. The summed E-state index contributed by atoms with van der Waals surface area (Å²) in [5.41, 5.74) is 0.414. The van der Waals surface area contributed by atoms with Crippen LogP contribution in [-0.2, 0) is 0 Å². The van der Waals surface area contributed by atoms with E-state index in [4.69, 9.17) is 5.41 Å². The van der Waals surface area contributed by atoms with Crippen molar-refractivity contribution >= 4 is 23.7 Å². The molecule has 0 radical (unpaired) electrons. The predicted octanol–water partition coefficient (Wildman–Crippen LogP) is 2.32. The van der Waals surface area contributed by atoms with Crippen LogP contribution < -0.4 is 0 Å². The summed E-state index contributed by atoms with van der Waals surface area (Å²) >= 11 is 1.58. The number of rotatable bonds is 4. The molecule has 1 aliphatic rings. The van der Waals surface area contributed by atoms with E-state index in [0.29, 0.717) is 5.56 Å². The van der Waals surface area contributed by atoms with Gasteiger partial charge in [-0.3, -0.25) is 10.1 Å². The van der Waals surface area contributed by atoms with Gasteiger partial charge in [-0.1, -0.05) is 11.8 Å². The Morgan fingerprint density at radius 3 is 2.53 bits per heavy atom. The van der Waals surface area contributed by atoms with Gasteiger partial charge in [0.1, 0.15) is 0 Å². The minimum Gasteiger partial charge on any atom is -0.350 e. The van der Waals surface area contributed by atoms with Crippen LogP contribution in [0.5, 0.6) is 0 Å². The Balaban J connectivity index is 2.22. The van der Waals surface area contributed by atoms with Gasteiger partial charge in [0.25, 0.3) is 5.69 Å². The zero-order chi connectivity index (χ0) is 14.0. The molecule has 6 nitrogen and oxygen atoms in total. The summed E-state index contributed by atoms with van der Waals surface area (Å²) in [6.45, 7) is 0. The second-order valence-corrected chi connectivity index (χ2v) is 5.32. The molecule has 2 rings (SSSR count). The van der Waals surface area contributed by atoms with Gasteiger partial charge in [-0.15, -0.1) is 0 Å². The standard InChI is InChI=1S/C12H14N4O2S/c1-14-5-6-15(2)12(14)19-10-3-4-11(16(17)18)9(7-10)8-13/h3-8,12-13H,1-2H3. The van der Waals surface area contributed by atoms with Crippen LogP contribution in [0.4, 0.5) is 5.69 Å². The van der Waals surface area contributed by atoms with Gasteiger partial charge in [0.2, 0.25) is 0 Å².